The Morgan fingerprint density at radius 1 is 1.19 bits per heavy atom. The summed E-state index contributed by atoms with van der Waals surface area (Å²) in [6, 6.07) is 5.27. The van der Waals surface area contributed by atoms with Gasteiger partial charge in [-0.15, -0.1) is 0 Å². The highest BCUT2D eigenvalue weighted by Crippen LogP contribution is 2.31. The van der Waals surface area contributed by atoms with Crippen molar-refractivity contribution in [3.8, 4) is 0 Å². The Morgan fingerprint density at radius 3 is 2.57 bits per heavy atom. The molecule has 3 rings (SSSR count). The van der Waals surface area contributed by atoms with Gasteiger partial charge in [0.15, 0.2) is 0 Å². The SMILES string of the molecule is O=S(=O)(c1ccc(Br)cc1Cl)N1CCC(N2CCCC2)C1. The van der Waals surface area contributed by atoms with Gasteiger partial charge < -0.3 is 0 Å². The fourth-order valence-corrected chi connectivity index (χ4v) is 5.66. The molecule has 2 heterocycles. The van der Waals surface area contributed by atoms with Crippen molar-refractivity contribution in [1.82, 2.24) is 9.21 Å². The lowest BCUT2D eigenvalue weighted by Gasteiger charge is -2.23. The zero-order valence-electron chi connectivity index (χ0n) is 11.6. The van der Waals surface area contributed by atoms with E-state index >= 15 is 0 Å². The van der Waals surface area contributed by atoms with Crippen LogP contribution in [0.25, 0.3) is 0 Å². The Bertz CT molecular complexity index is 632. The molecule has 1 unspecified atom stereocenters. The van der Waals surface area contributed by atoms with Gasteiger partial charge in [-0.2, -0.15) is 4.31 Å². The van der Waals surface area contributed by atoms with Crippen molar-refractivity contribution in [2.75, 3.05) is 26.2 Å². The van der Waals surface area contributed by atoms with Gasteiger partial charge in [-0.05, 0) is 50.6 Å². The van der Waals surface area contributed by atoms with Gasteiger partial charge in [0, 0.05) is 23.6 Å². The standard InChI is InChI=1S/C14H18BrClN2O2S/c15-11-3-4-14(13(16)9-11)21(19,20)18-8-5-12(10-18)17-6-1-2-7-17/h3-4,9,12H,1-2,5-8,10H2. The van der Waals surface area contributed by atoms with Crippen LogP contribution in [0.1, 0.15) is 19.3 Å². The molecule has 2 fully saturated rings. The lowest BCUT2D eigenvalue weighted by atomic mass is 10.2. The Morgan fingerprint density at radius 2 is 1.90 bits per heavy atom. The van der Waals surface area contributed by atoms with Crippen LogP contribution in [-0.4, -0.2) is 49.8 Å². The zero-order valence-corrected chi connectivity index (χ0v) is 14.8. The Balaban J connectivity index is 1.79. The average Bonchev–Trinajstić information content (AvgIpc) is 3.09. The summed E-state index contributed by atoms with van der Waals surface area (Å²) >= 11 is 9.41. The number of halogens is 2. The van der Waals surface area contributed by atoms with E-state index in [2.05, 4.69) is 20.8 Å². The van der Waals surface area contributed by atoms with Gasteiger partial charge in [0.05, 0.1) is 5.02 Å². The number of sulfonamides is 1. The lowest BCUT2D eigenvalue weighted by Crippen LogP contribution is -2.37. The molecule has 1 aromatic carbocycles. The lowest BCUT2D eigenvalue weighted by molar-refractivity contribution is 0.251. The third-order valence-corrected chi connectivity index (χ3v) is 7.14. The Kier molecular flexibility index (Phi) is 4.62. The van der Waals surface area contributed by atoms with Crippen LogP contribution in [0.4, 0.5) is 0 Å². The third kappa shape index (κ3) is 3.15. The molecule has 1 atom stereocenters. The molecule has 0 saturated carbocycles. The highest BCUT2D eigenvalue weighted by Gasteiger charge is 2.36. The molecule has 0 radical (unpaired) electrons. The summed E-state index contributed by atoms with van der Waals surface area (Å²) < 4.78 is 27.8. The summed E-state index contributed by atoms with van der Waals surface area (Å²) in [5, 5.41) is 0.272. The number of hydrogen-bond acceptors (Lipinski definition) is 3. The second-order valence-corrected chi connectivity index (χ2v) is 8.85. The number of rotatable bonds is 3. The fraction of sp³-hybridized carbons (Fsp3) is 0.571. The second-order valence-electron chi connectivity index (χ2n) is 5.62. The third-order valence-electron chi connectivity index (χ3n) is 4.29. The largest absolute Gasteiger partial charge is 0.299 e. The van der Waals surface area contributed by atoms with E-state index in [0.717, 1.165) is 24.0 Å². The van der Waals surface area contributed by atoms with Crippen molar-refractivity contribution >= 4 is 37.6 Å². The minimum absolute atomic E-state index is 0.203. The van der Waals surface area contributed by atoms with E-state index in [1.165, 1.54) is 12.8 Å². The average molecular weight is 394 g/mol. The summed E-state index contributed by atoms with van der Waals surface area (Å²) in [6.45, 7) is 3.35. The molecule has 4 nitrogen and oxygen atoms in total. The molecular formula is C14H18BrClN2O2S. The maximum atomic E-state index is 12.7. The smallest absolute Gasteiger partial charge is 0.244 e. The highest BCUT2D eigenvalue weighted by molar-refractivity contribution is 9.10. The number of likely N-dealkylation sites (tertiary alicyclic amines) is 1. The van der Waals surface area contributed by atoms with Crippen LogP contribution in [0.5, 0.6) is 0 Å². The minimum Gasteiger partial charge on any atom is -0.299 e. The van der Waals surface area contributed by atoms with Crippen molar-refractivity contribution in [1.29, 1.82) is 0 Å². The van der Waals surface area contributed by atoms with E-state index in [4.69, 9.17) is 11.6 Å². The van der Waals surface area contributed by atoms with Crippen molar-refractivity contribution in [2.24, 2.45) is 0 Å². The molecule has 0 amide bonds. The molecule has 7 heteroatoms. The normalized spacial score (nSPS) is 24.8. The van der Waals surface area contributed by atoms with Crippen molar-refractivity contribution < 1.29 is 8.42 Å². The van der Waals surface area contributed by atoms with Crippen molar-refractivity contribution in [3.63, 3.8) is 0 Å². The summed E-state index contributed by atoms with van der Waals surface area (Å²) in [7, 11) is -3.49. The number of nitrogens with zero attached hydrogens (tertiary/aromatic N) is 2. The first-order valence-corrected chi connectivity index (χ1v) is 9.79. The van der Waals surface area contributed by atoms with Gasteiger partial charge in [-0.25, -0.2) is 8.42 Å². The van der Waals surface area contributed by atoms with Crippen molar-refractivity contribution in [2.45, 2.75) is 30.2 Å². The van der Waals surface area contributed by atoms with Crippen LogP contribution in [0.2, 0.25) is 5.02 Å². The predicted octanol–water partition coefficient (Wildman–Crippen LogP) is 2.96. The first-order valence-electron chi connectivity index (χ1n) is 7.18. The molecule has 1 aromatic rings. The van der Waals surface area contributed by atoms with Crippen LogP contribution in [0.3, 0.4) is 0 Å². The van der Waals surface area contributed by atoms with Gasteiger partial charge >= 0.3 is 0 Å². The van der Waals surface area contributed by atoms with E-state index in [9.17, 15) is 8.42 Å². The summed E-state index contributed by atoms with van der Waals surface area (Å²) in [5.74, 6) is 0. The van der Waals surface area contributed by atoms with E-state index in [0.29, 0.717) is 19.1 Å². The number of benzene rings is 1. The number of hydrogen-bond donors (Lipinski definition) is 0. The quantitative estimate of drug-likeness (QED) is 0.793. The minimum atomic E-state index is -3.49. The molecular weight excluding hydrogens is 376 g/mol. The van der Waals surface area contributed by atoms with E-state index in [-0.39, 0.29) is 9.92 Å². The van der Waals surface area contributed by atoms with Crippen LogP contribution in [-0.2, 0) is 10.0 Å². The van der Waals surface area contributed by atoms with Gasteiger partial charge in [-0.1, -0.05) is 27.5 Å². The van der Waals surface area contributed by atoms with Crippen LogP contribution >= 0.6 is 27.5 Å². The van der Waals surface area contributed by atoms with Gasteiger partial charge in [0.25, 0.3) is 0 Å². The summed E-state index contributed by atoms with van der Waals surface area (Å²) in [6.07, 6.45) is 3.36. The fourth-order valence-electron chi connectivity index (χ4n) is 3.16. The van der Waals surface area contributed by atoms with Crippen LogP contribution in [0.15, 0.2) is 27.6 Å². The van der Waals surface area contributed by atoms with Gasteiger partial charge in [0.1, 0.15) is 4.90 Å². The second kappa shape index (κ2) is 6.16. The van der Waals surface area contributed by atoms with E-state index < -0.39 is 10.0 Å². The molecule has 2 aliphatic heterocycles. The molecule has 0 spiro atoms. The highest BCUT2D eigenvalue weighted by atomic mass is 79.9. The maximum Gasteiger partial charge on any atom is 0.244 e. The van der Waals surface area contributed by atoms with E-state index in [1.54, 1.807) is 22.5 Å². The molecule has 2 saturated heterocycles. The first-order chi connectivity index (χ1) is 9.98. The van der Waals surface area contributed by atoms with E-state index in [1.807, 2.05) is 0 Å². The van der Waals surface area contributed by atoms with Crippen molar-refractivity contribution in [3.05, 3.63) is 27.7 Å². The molecule has 2 aliphatic rings. The van der Waals surface area contributed by atoms with Gasteiger partial charge in [0.2, 0.25) is 10.0 Å². The van der Waals surface area contributed by atoms with Crippen LogP contribution in [0, 0.1) is 0 Å². The first kappa shape index (κ1) is 15.7. The molecule has 0 aliphatic carbocycles. The Hall–Kier alpha value is -0.140. The van der Waals surface area contributed by atoms with Crippen LogP contribution < -0.4 is 0 Å². The summed E-state index contributed by atoms with van der Waals surface area (Å²) in [4.78, 5) is 2.62. The monoisotopic (exact) mass is 392 g/mol. The maximum absolute atomic E-state index is 12.7. The zero-order chi connectivity index (χ0) is 15.0. The predicted molar refractivity (Wildman–Crippen MR) is 87.1 cm³/mol. The molecule has 21 heavy (non-hydrogen) atoms. The molecule has 0 N–H and O–H groups in total. The van der Waals surface area contributed by atoms with Gasteiger partial charge in [-0.3, -0.25) is 4.90 Å². The Labute approximate surface area is 139 Å². The molecule has 0 aromatic heterocycles. The topological polar surface area (TPSA) is 40.6 Å². The molecule has 116 valence electrons. The summed E-state index contributed by atoms with van der Waals surface area (Å²) in [5.41, 5.74) is 0. The molecule has 0 bridgehead atoms.